The Labute approximate surface area is 139 Å². The number of thiazole rings is 1. The number of nitrogens with zero attached hydrogens (tertiary/aromatic N) is 3. The van der Waals surface area contributed by atoms with Crippen LogP contribution in [0, 0.1) is 0 Å². The highest BCUT2D eigenvalue weighted by Crippen LogP contribution is 2.24. The molecule has 0 spiro atoms. The largest absolute Gasteiger partial charge is 0.338 e. The van der Waals surface area contributed by atoms with Crippen molar-refractivity contribution in [1.29, 1.82) is 0 Å². The first-order chi connectivity index (χ1) is 10.7. The van der Waals surface area contributed by atoms with Crippen LogP contribution in [0.1, 0.15) is 21.9 Å². The van der Waals surface area contributed by atoms with Crippen molar-refractivity contribution in [3.63, 3.8) is 0 Å². The lowest BCUT2D eigenvalue weighted by Crippen LogP contribution is -2.37. The maximum Gasteiger partial charge on any atom is 0.224 e. The predicted molar refractivity (Wildman–Crippen MR) is 91.4 cm³/mol. The molecule has 3 heterocycles. The Bertz CT molecular complexity index is 609. The van der Waals surface area contributed by atoms with Gasteiger partial charge in [0.1, 0.15) is 0 Å². The molecule has 0 bridgehead atoms. The molecule has 4 nitrogen and oxygen atoms in total. The number of thiophene rings is 1. The molecule has 0 saturated carbocycles. The van der Waals surface area contributed by atoms with Crippen LogP contribution in [0.25, 0.3) is 0 Å². The SMILES string of the molecule is CN(CCC(=O)N1CCc2sccc2C1)CCc1nccs1. The summed E-state index contributed by atoms with van der Waals surface area (Å²) in [7, 11) is 2.08. The standard InChI is InChI=1S/C16H21N3OS2/c1-18(7-3-15-17-6-11-22-15)8-4-16(20)19-9-2-14-13(12-19)5-10-21-14/h5-6,10-11H,2-4,7-9,12H2,1H3. The molecule has 2 aromatic rings. The van der Waals surface area contributed by atoms with Crippen LogP contribution in [0.5, 0.6) is 0 Å². The molecule has 0 unspecified atom stereocenters. The molecular formula is C16H21N3OS2. The first-order valence-corrected chi connectivity index (χ1v) is 9.38. The van der Waals surface area contributed by atoms with Gasteiger partial charge < -0.3 is 9.80 Å². The Morgan fingerprint density at radius 3 is 3.09 bits per heavy atom. The first kappa shape index (κ1) is 15.6. The molecule has 0 aromatic carbocycles. The highest BCUT2D eigenvalue weighted by Gasteiger charge is 2.21. The molecule has 2 aromatic heterocycles. The van der Waals surface area contributed by atoms with Gasteiger partial charge in [0, 0.05) is 55.5 Å². The minimum atomic E-state index is 0.276. The van der Waals surface area contributed by atoms with E-state index in [0.29, 0.717) is 6.42 Å². The van der Waals surface area contributed by atoms with Gasteiger partial charge in [0.25, 0.3) is 0 Å². The third-order valence-corrected chi connectivity index (χ3v) is 5.92. The van der Waals surface area contributed by atoms with E-state index in [4.69, 9.17) is 0 Å². The van der Waals surface area contributed by atoms with E-state index in [-0.39, 0.29) is 5.91 Å². The van der Waals surface area contributed by atoms with Crippen LogP contribution in [0.15, 0.2) is 23.0 Å². The lowest BCUT2D eigenvalue weighted by molar-refractivity contribution is -0.132. The summed E-state index contributed by atoms with van der Waals surface area (Å²) in [5, 5.41) is 5.30. The highest BCUT2D eigenvalue weighted by atomic mass is 32.1. The number of fused-ring (bicyclic) bond motifs is 1. The number of carbonyl (C=O) groups is 1. The molecule has 0 fully saturated rings. The molecule has 0 aliphatic carbocycles. The minimum absolute atomic E-state index is 0.276. The Balaban J connectivity index is 1.40. The summed E-state index contributed by atoms with van der Waals surface area (Å²) in [6.07, 6.45) is 4.43. The summed E-state index contributed by atoms with van der Waals surface area (Å²) in [5.74, 6) is 0.276. The maximum atomic E-state index is 12.4. The second-order valence-corrected chi connectivity index (χ2v) is 7.64. The molecule has 118 valence electrons. The fourth-order valence-electron chi connectivity index (χ4n) is 2.68. The van der Waals surface area contributed by atoms with Crippen molar-refractivity contribution in [2.75, 3.05) is 26.7 Å². The average Bonchev–Trinajstić information content (AvgIpc) is 3.20. The van der Waals surface area contributed by atoms with Crippen LogP contribution in [-0.4, -0.2) is 47.4 Å². The molecule has 3 rings (SSSR count). The van der Waals surface area contributed by atoms with Gasteiger partial charge in [0.15, 0.2) is 0 Å². The summed E-state index contributed by atoms with van der Waals surface area (Å²) in [4.78, 5) is 22.3. The summed E-state index contributed by atoms with van der Waals surface area (Å²) < 4.78 is 0. The molecule has 0 saturated heterocycles. The third kappa shape index (κ3) is 3.94. The van der Waals surface area contributed by atoms with Crippen molar-refractivity contribution in [3.8, 4) is 0 Å². The Morgan fingerprint density at radius 2 is 2.27 bits per heavy atom. The zero-order valence-corrected chi connectivity index (χ0v) is 14.5. The van der Waals surface area contributed by atoms with Crippen molar-refractivity contribution < 1.29 is 4.79 Å². The molecule has 1 aliphatic rings. The summed E-state index contributed by atoms with van der Waals surface area (Å²) in [5.41, 5.74) is 1.33. The van der Waals surface area contributed by atoms with Gasteiger partial charge in [-0.2, -0.15) is 0 Å². The number of hydrogen-bond donors (Lipinski definition) is 0. The van der Waals surface area contributed by atoms with Crippen molar-refractivity contribution in [1.82, 2.24) is 14.8 Å². The van der Waals surface area contributed by atoms with Crippen LogP contribution in [-0.2, 0) is 24.2 Å². The van der Waals surface area contributed by atoms with Gasteiger partial charge in [-0.15, -0.1) is 22.7 Å². The predicted octanol–water partition coefficient (Wildman–Crippen LogP) is 2.65. The van der Waals surface area contributed by atoms with E-state index in [1.165, 1.54) is 15.4 Å². The van der Waals surface area contributed by atoms with Gasteiger partial charge in [0.2, 0.25) is 5.91 Å². The van der Waals surface area contributed by atoms with Crippen molar-refractivity contribution in [2.24, 2.45) is 0 Å². The average molecular weight is 335 g/mol. The number of rotatable bonds is 6. The molecule has 1 amide bonds. The van der Waals surface area contributed by atoms with Gasteiger partial charge >= 0.3 is 0 Å². The molecule has 6 heteroatoms. The number of likely N-dealkylation sites (N-methyl/N-ethyl adjacent to an activating group) is 1. The molecule has 0 atom stereocenters. The number of carbonyl (C=O) groups excluding carboxylic acids is 1. The van der Waals surface area contributed by atoms with Crippen LogP contribution in [0.2, 0.25) is 0 Å². The summed E-state index contributed by atoms with van der Waals surface area (Å²) in [6, 6.07) is 2.15. The Hall–Kier alpha value is -1.24. The van der Waals surface area contributed by atoms with Gasteiger partial charge in [-0.3, -0.25) is 4.79 Å². The van der Waals surface area contributed by atoms with Gasteiger partial charge in [-0.1, -0.05) is 0 Å². The summed E-state index contributed by atoms with van der Waals surface area (Å²) >= 11 is 3.51. The molecule has 22 heavy (non-hydrogen) atoms. The zero-order valence-electron chi connectivity index (χ0n) is 12.8. The highest BCUT2D eigenvalue weighted by molar-refractivity contribution is 7.10. The molecule has 1 aliphatic heterocycles. The van der Waals surface area contributed by atoms with E-state index in [1.54, 1.807) is 11.3 Å². The Kier molecular flexibility index (Phi) is 5.23. The number of aromatic nitrogens is 1. The van der Waals surface area contributed by atoms with Gasteiger partial charge in [-0.05, 0) is 30.5 Å². The number of hydrogen-bond acceptors (Lipinski definition) is 5. The van der Waals surface area contributed by atoms with Crippen molar-refractivity contribution in [3.05, 3.63) is 38.5 Å². The number of amides is 1. The van der Waals surface area contributed by atoms with Crippen LogP contribution in [0.4, 0.5) is 0 Å². The monoisotopic (exact) mass is 335 g/mol. The van der Waals surface area contributed by atoms with Crippen LogP contribution in [0.3, 0.4) is 0 Å². The van der Waals surface area contributed by atoms with Crippen LogP contribution >= 0.6 is 22.7 Å². The van der Waals surface area contributed by atoms with E-state index < -0.39 is 0 Å². The topological polar surface area (TPSA) is 36.4 Å². The maximum absolute atomic E-state index is 12.4. The fraction of sp³-hybridized carbons (Fsp3) is 0.500. The second-order valence-electron chi connectivity index (χ2n) is 5.66. The van der Waals surface area contributed by atoms with Crippen LogP contribution < -0.4 is 0 Å². The van der Waals surface area contributed by atoms with Gasteiger partial charge in [-0.25, -0.2) is 4.98 Å². The van der Waals surface area contributed by atoms with E-state index >= 15 is 0 Å². The lowest BCUT2D eigenvalue weighted by Gasteiger charge is -2.28. The molecule has 0 N–H and O–H groups in total. The quantitative estimate of drug-likeness (QED) is 0.814. The Morgan fingerprint density at radius 1 is 1.36 bits per heavy atom. The van der Waals surface area contributed by atoms with E-state index in [9.17, 15) is 4.79 Å². The fourth-order valence-corrected chi connectivity index (χ4v) is 4.18. The summed E-state index contributed by atoms with van der Waals surface area (Å²) in [6.45, 7) is 3.43. The first-order valence-electron chi connectivity index (χ1n) is 7.62. The smallest absolute Gasteiger partial charge is 0.224 e. The van der Waals surface area contributed by atoms with E-state index in [0.717, 1.165) is 39.0 Å². The normalized spacial score (nSPS) is 14.4. The minimum Gasteiger partial charge on any atom is -0.338 e. The van der Waals surface area contributed by atoms with E-state index in [1.807, 2.05) is 27.8 Å². The van der Waals surface area contributed by atoms with Gasteiger partial charge in [0.05, 0.1) is 5.01 Å². The van der Waals surface area contributed by atoms with Crippen molar-refractivity contribution >= 4 is 28.6 Å². The third-order valence-electron chi connectivity index (χ3n) is 4.06. The zero-order chi connectivity index (χ0) is 15.4. The molecular weight excluding hydrogens is 314 g/mol. The second kappa shape index (κ2) is 7.35. The molecule has 0 radical (unpaired) electrons. The van der Waals surface area contributed by atoms with E-state index in [2.05, 4.69) is 28.4 Å². The lowest BCUT2D eigenvalue weighted by atomic mass is 10.1. The van der Waals surface area contributed by atoms with Crippen molar-refractivity contribution in [2.45, 2.75) is 25.8 Å².